The van der Waals surface area contributed by atoms with Crippen molar-refractivity contribution in [2.24, 2.45) is 17.3 Å². The van der Waals surface area contributed by atoms with Crippen molar-refractivity contribution in [3.8, 4) is 0 Å². The average molecular weight is 267 g/mol. The number of hydrogen-bond donors (Lipinski definition) is 0. The van der Waals surface area contributed by atoms with Crippen LogP contribution in [0, 0.1) is 17.3 Å². The van der Waals surface area contributed by atoms with E-state index in [1.54, 1.807) is 6.08 Å². The van der Waals surface area contributed by atoms with Crippen molar-refractivity contribution in [3.63, 3.8) is 0 Å². The van der Waals surface area contributed by atoms with Crippen LogP contribution in [0.2, 0.25) is 0 Å². The Balaban J connectivity index is 2.07. The van der Waals surface area contributed by atoms with Crippen LogP contribution in [0.3, 0.4) is 0 Å². The van der Waals surface area contributed by atoms with Gasteiger partial charge >= 0.3 is 0 Å². The van der Waals surface area contributed by atoms with E-state index in [2.05, 4.69) is 28.6 Å². The van der Waals surface area contributed by atoms with E-state index < -0.39 is 0 Å². The summed E-state index contributed by atoms with van der Waals surface area (Å²) in [7, 11) is 0. The molecular weight excluding hydrogens is 252 g/mol. The van der Waals surface area contributed by atoms with E-state index in [0.29, 0.717) is 22.4 Å². The van der Waals surface area contributed by atoms with Crippen molar-refractivity contribution >= 4 is 21.7 Å². The largest absolute Gasteiger partial charge is 0.295 e. The summed E-state index contributed by atoms with van der Waals surface area (Å²) in [6.07, 6.45) is 8.38. The van der Waals surface area contributed by atoms with Crippen LogP contribution in [0.4, 0.5) is 0 Å². The van der Waals surface area contributed by atoms with Crippen LogP contribution in [0.25, 0.3) is 0 Å². The zero-order chi connectivity index (χ0) is 10.6. The highest BCUT2D eigenvalue weighted by Crippen LogP contribution is 2.61. The van der Waals surface area contributed by atoms with Crippen LogP contribution in [-0.4, -0.2) is 10.6 Å². The fourth-order valence-electron chi connectivity index (χ4n) is 3.67. The molecule has 4 aliphatic carbocycles. The number of halogens is 1. The third kappa shape index (κ3) is 1.17. The third-order valence-electron chi connectivity index (χ3n) is 4.60. The van der Waals surface area contributed by atoms with E-state index in [-0.39, 0.29) is 5.41 Å². The summed E-state index contributed by atoms with van der Waals surface area (Å²) in [6, 6.07) is 0. The molecule has 0 heterocycles. The number of alkyl halides is 1. The first-order valence-corrected chi connectivity index (χ1v) is 6.60. The molecule has 3 fully saturated rings. The summed E-state index contributed by atoms with van der Waals surface area (Å²) in [5.41, 5.74) is 1.57. The molecule has 0 N–H and O–H groups in total. The quantitative estimate of drug-likeness (QED) is 0.486. The molecule has 0 aromatic rings. The Labute approximate surface area is 98.8 Å². The molecule has 1 spiro atoms. The molecule has 0 radical (unpaired) electrons. The van der Waals surface area contributed by atoms with Crippen molar-refractivity contribution in [2.45, 2.75) is 30.5 Å². The molecule has 15 heavy (non-hydrogen) atoms. The molecule has 0 saturated heterocycles. The van der Waals surface area contributed by atoms with Crippen LogP contribution < -0.4 is 0 Å². The minimum atomic E-state index is 0.208. The number of rotatable bonds is 0. The lowest BCUT2D eigenvalue weighted by Gasteiger charge is -2.56. The zero-order valence-electron chi connectivity index (χ0n) is 8.71. The Bertz CT molecular complexity index is 371. The molecule has 4 atom stereocenters. The topological polar surface area (TPSA) is 17.1 Å². The van der Waals surface area contributed by atoms with Crippen molar-refractivity contribution < 1.29 is 4.79 Å². The van der Waals surface area contributed by atoms with Gasteiger partial charge in [0.15, 0.2) is 5.78 Å². The fraction of sp³-hybridized carbons (Fsp3) is 0.615. The van der Waals surface area contributed by atoms with Crippen molar-refractivity contribution in [1.82, 2.24) is 0 Å². The van der Waals surface area contributed by atoms with Crippen LogP contribution in [0.15, 0.2) is 24.3 Å². The lowest BCUT2D eigenvalue weighted by molar-refractivity contribution is -0.118. The second-order valence-corrected chi connectivity index (χ2v) is 6.14. The molecule has 0 aromatic carbocycles. The van der Waals surface area contributed by atoms with Gasteiger partial charge in [-0.1, -0.05) is 34.2 Å². The highest BCUT2D eigenvalue weighted by atomic mass is 79.9. The van der Waals surface area contributed by atoms with E-state index in [9.17, 15) is 4.79 Å². The van der Waals surface area contributed by atoms with Gasteiger partial charge in [0.05, 0.1) is 0 Å². The lowest BCUT2D eigenvalue weighted by Crippen LogP contribution is -2.51. The van der Waals surface area contributed by atoms with E-state index in [1.165, 1.54) is 24.8 Å². The molecule has 4 aliphatic rings. The smallest absolute Gasteiger partial charge is 0.155 e. The first-order chi connectivity index (χ1) is 7.13. The van der Waals surface area contributed by atoms with Crippen LogP contribution >= 0.6 is 15.9 Å². The predicted molar refractivity (Wildman–Crippen MR) is 63.9 cm³/mol. The number of hydrogen-bond acceptors (Lipinski definition) is 1. The summed E-state index contributed by atoms with van der Waals surface area (Å²) in [5.74, 6) is 1.52. The normalized spacial score (nSPS) is 48.2. The van der Waals surface area contributed by atoms with Gasteiger partial charge in [0, 0.05) is 16.7 Å². The van der Waals surface area contributed by atoms with Gasteiger partial charge in [-0.05, 0) is 37.2 Å². The molecule has 0 amide bonds. The maximum Gasteiger partial charge on any atom is 0.155 e. The summed E-state index contributed by atoms with van der Waals surface area (Å²) >= 11 is 3.80. The lowest BCUT2D eigenvalue weighted by atomic mass is 9.51. The van der Waals surface area contributed by atoms with Gasteiger partial charge in [0.25, 0.3) is 0 Å². The Morgan fingerprint density at radius 3 is 3.13 bits per heavy atom. The minimum Gasteiger partial charge on any atom is -0.295 e. The number of carbonyl (C=O) groups excluding carboxylic acids is 1. The summed E-state index contributed by atoms with van der Waals surface area (Å²) in [6.45, 7) is 4.22. The minimum absolute atomic E-state index is 0.208. The van der Waals surface area contributed by atoms with Crippen LogP contribution in [0.1, 0.15) is 25.7 Å². The van der Waals surface area contributed by atoms with Gasteiger partial charge in [-0.15, -0.1) is 0 Å². The monoisotopic (exact) mass is 266 g/mol. The number of carbonyl (C=O) groups is 1. The van der Waals surface area contributed by atoms with E-state index in [1.807, 2.05) is 0 Å². The van der Waals surface area contributed by atoms with Crippen LogP contribution in [-0.2, 0) is 4.79 Å². The molecule has 2 heteroatoms. The first-order valence-electron chi connectivity index (χ1n) is 5.68. The second kappa shape index (κ2) is 3.07. The van der Waals surface area contributed by atoms with Gasteiger partial charge in [0.2, 0.25) is 0 Å². The molecule has 1 nitrogen and oxygen atoms in total. The molecule has 0 aromatic heterocycles. The van der Waals surface area contributed by atoms with Gasteiger partial charge in [-0.25, -0.2) is 0 Å². The Morgan fingerprint density at radius 1 is 1.53 bits per heavy atom. The molecule has 2 bridgehead atoms. The number of fused-ring (bicyclic) bond motifs is 2. The molecule has 1 unspecified atom stereocenters. The van der Waals surface area contributed by atoms with Gasteiger partial charge in [-0.3, -0.25) is 4.79 Å². The fourth-order valence-corrected chi connectivity index (χ4v) is 4.80. The maximum atomic E-state index is 11.5. The van der Waals surface area contributed by atoms with E-state index in [0.717, 1.165) is 6.42 Å². The summed E-state index contributed by atoms with van der Waals surface area (Å²) < 4.78 is 0. The molecule has 3 saturated carbocycles. The molecule has 80 valence electrons. The third-order valence-corrected chi connectivity index (χ3v) is 6.04. The van der Waals surface area contributed by atoms with Crippen LogP contribution in [0.5, 0.6) is 0 Å². The zero-order valence-corrected chi connectivity index (χ0v) is 10.3. The molecular formula is C13H15BrO. The van der Waals surface area contributed by atoms with Crippen molar-refractivity contribution in [3.05, 3.63) is 24.3 Å². The highest BCUT2D eigenvalue weighted by molar-refractivity contribution is 9.09. The van der Waals surface area contributed by atoms with Gasteiger partial charge in [0.1, 0.15) is 0 Å². The van der Waals surface area contributed by atoms with Crippen molar-refractivity contribution in [1.29, 1.82) is 0 Å². The Morgan fingerprint density at radius 2 is 2.33 bits per heavy atom. The Hall–Kier alpha value is -0.370. The first kappa shape index (κ1) is 9.83. The van der Waals surface area contributed by atoms with Gasteiger partial charge < -0.3 is 0 Å². The summed E-state index contributed by atoms with van der Waals surface area (Å²) in [5, 5.41) is 0. The van der Waals surface area contributed by atoms with Gasteiger partial charge in [-0.2, -0.15) is 0 Å². The standard InChI is InChI=1S/C13H15BrO/c1-8-9-2-4-13(12(8)14)5-3-11(15)7-10(13)6-9/h3,5,9-10,12H,1-2,4,6-7H2/t9-,10-,12?,13-/m0/s1. The predicted octanol–water partition coefficient (Wildman–Crippen LogP) is 3.25. The SMILES string of the molecule is C=C1C(Br)[C@@]23C=CC(=O)C[C@@H]2C[C@@H]1CC3. The van der Waals surface area contributed by atoms with E-state index in [4.69, 9.17) is 0 Å². The average Bonchev–Trinajstić information content (AvgIpc) is 2.24. The Kier molecular flexibility index (Phi) is 2.01. The second-order valence-electron chi connectivity index (χ2n) is 5.22. The molecule has 0 aliphatic heterocycles. The number of ketones is 1. The highest BCUT2D eigenvalue weighted by Gasteiger charge is 2.54. The molecule has 4 rings (SSSR count). The summed E-state index contributed by atoms with van der Waals surface area (Å²) in [4.78, 5) is 11.8. The van der Waals surface area contributed by atoms with E-state index >= 15 is 0 Å². The van der Waals surface area contributed by atoms with Crippen molar-refractivity contribution in [2.75, 3.05) is 0 Å². The maximum absolute atomic E-state index is 11.5. The number of allylic oxidation sites excluding steroid dienone is 3.